The molecule has 0 radical (unpaired) electrons. The molecule has 1 aromatic heterocycles. The number of hydrogen-bond acceptors (Lipinski definition) is 2. The fourth-order valence-corrected chi connectivity index (χ4v) is 2.42. The summed E-state index contributed by atoms with van der Waals surface area (Å²) in [7, 11) is 0. The van der Waals surface area contributed by atoms with Crippen LogP contribution < -0.4 is 5.73 Å². The molecule has 0 fully saturated rings. The van der Waals surface area contributed by atoms with Crippen LogP contribution in [-0.2, 0) is 6.18 Å². The summed E-state index contributed by atoms with van der Waals surface area (Å²) in [5, 5.41) is 3.32. The molecule has 130 valence electrons. The summed E-state index contributed by atoms with van der Waals surface area (Å²) >= 11 is 0. The van der Waals surface area contributed by atoms with Gasteiger partial charge in [0.15, 0.2) is 17.3 Å². The first-order valence-electron chi connectivity index (χ1n) is 6.84. The molecule has 0 aliphatic heterocycles. The topological polar surface area (TPSA) is 43.8 Å². The molecule has 3 nitrogen and oxygen atoms in total. The molecule has 9 heteroatoms. The number of benzene rings is 2. The number of aromatic nitrogens is 2. The standard InChI is InChI=1S/C16H9F6N3/c17-10-3-1-2-8(4-10)9-5-11(18)14(12(19)6-9)25-15(16(20,21)22)13(23)7-24-25/h1-7H,23H2. The molecule has 0 amide bonds. The number of nitrogen functional groups attached to an aromatic ring is 1. The lowest BCUT2D eigenvalue weighted by molar-refractivity contribution is -0.142. The van der Waals surface area contributed by atoms with Gasteiger partial charge >= 0.3 is 6.18 Å². The van der Waals surface area contributed by atoms with Crippen molar-refractivity contribution in [3.05, 3.63) is 65.7 Å². The molecule has 0 saturated heterocycles. The van der Waals surface area contributed by atoms with Crippen LogP contribution in [0.3, 0.4) is 0 Å². The molecule has 3 rings (SSSR count). The Bertz CT molecular complexity index is 922. The molecule has 25 heavy (non-hydrogen) atoms. The fraction of sp³-hybridized carbons (Fsp3) is 0.0625. The van der Waals surface area contributed by atoms with Gasteiger partial charge in [-0.05, 0) is 35.4 Å². The van der Waals surface area contributed by atoms with Crippen LogP contribution in [0.2, 0.25) is 0 Å². The van der Waals surface area contributed by atoms with Gasteiger partial charge in [-0.15, -0.1) is 0 Å². The van der Waals surface area contributed by atoms with E-state index in [1.807, 2.05) is 0 Å². The molecule has 0 unspecified atom stereocenters. The third kappa shape index (κ3) is 3.04. The van der Waals surface area contributed by atoms with Gasteiger partial charge in [0, 0.05) is 0 Å². The van der Waals surface area contributed by atoms with Crippen molar-refractivity contribution in [3.63, 3.8) is 0 Å². The lowest BCUT2D eigenvalue weighted by Gasteiger charge is -2.14. The quantitative estimate of drug-likeness (QED) is 0.684. The Morgan fingerprint density at radius 3 is 2.12 bits per heavy atom. The summed E-state index contributed by atoms with van der Waals surface area (Å²) in [6, 6.07) is 6.53. The Morgan fingerprint density at radius 1 is 0.920 bits per heavy atom. The number of anilines is 1. The van der Waals surface area contributed by atoms with Crippen molar-refractivity contribution in [3.8, 4) is 16.8 Å². The van der Waals surface area contributed by atoms with Crippen molar-refractivity contribution in [2.24, 2.45) is 0 Å². The van der Waals surface area contributed by atoms with Crippen LogP contribution in [0.25, 0.3) is 16.8 Å². The van der Waals surface area contributed by atoms with E-state index in [-0.39, 0.29) is 15.8 Å². The van der Waals surface area contributed by atoms with Crippen molar-refractivity contribution in [1.82, 2.24) is 9.78 Å². The van der Waals surface area contributed by atoms with Gasteiger partial charge in [0.2, 0.25) is 0 Å². The van der Waals surface area contributed by atoms with E-state index < -0.39 is 40.7 Å². The summed E-state index contributed by atoms with van der Waals surface area (Å²) in [5.74, 6) is -3.22. The van der Waals surface area contributed by atoms with E-state index in [4.69, 9.17) is 5.73 Å². The predicted molar refractivity (Wildman–Crippen MR) is 78.3 cm³/mol. The predicted octanol–water partition coefficient (Wildman–Crippen LogP) is 4.56. The van der Waals surface area contributed by atoms with Crippen LogP contribution in [0, 0.1) is 17.5 Å². The molecule has 3 aromatic rings. The van der Waals surface area contributed by atoms with Gasteiger partial charge in [0.1, 0.15) is 11.5 Å². The first kappa shape index (κ1) is 16.9. The van der Waals surface area contributed by atoms with Crippen LogP contribution >= 0.6 is 0 Å². The van der Waals surface area contributed by atoms with E-state index in [2.05, 4.69) is 5.10 Å². The average Bonchev–Trinajstić information content (AvgIpc) is 2.88. The number of alkyl halides is 3. The normalized spacial score (nSPS) is 11.8. The van der Waals surface area contributed by atoms with E-state index >= 15 is 0 Å². The van der Waals surface area contributed by atoms with Crippen molar-refractivity contribution in [1.29, 1.82) is 0 Å². The van der Waals surface area contributed by atoms with Crippen molar-refractivity contribution in [2.75, 3.05) is 5.73 Å². The maximum absolute atomic E-state index is 14.4. The van der Waals surface area contributed by atoms with Gasteiger partial charge in [-0.3, -0.25) is 0 Å². The van der Waals surface area contributed by atoms with Gasteiger partial charge in [-0.2, -0.15) is 18.3 Å². The Morgan fingerprint density at radius 2 is 1.56 bits per heavy atom. The minimum Gasteiger partial charge on any atom is -0.396 e. The average molecular weight is 357 g/mol. The molecule has 1 heterocycles. The lowest BCUT2D eigenvalue weighted by Crippen LogP contribution is -2.17. The molecular weight excluding hydrogens is 348 g/mol. The van der Waals surface area contributed by atoms with E-state index in [0.717, 1.165) is 24.3 Å². The largest absolute Gasteiger partial charge is 0.435 e. The van der Waals surface area contributed by atoms with Gasteiger partial charge in [-0.25, -0.2) is 17.9 Å². The first-order chi connectivity index (χ1) is 11.7. The Balaban J connectivity index is 2.18. The second kappa shape index (κ2) is 5.83. The number of rotatable bonds is 2. The fourth-order valence-electron chi connectivity index (χ4n) is 2.42. The third-order valence-electron chi connectivity index (χ3n) is 3.45. The van der Waals surface area contributed by atoms with Crippen molar-refractivity contribution < 1.29 is 26.3 Å². The zero-order chi connectivity index (χ0) is 18.4. The molecule has 0 aliphatic carbocycles. The Kier molecular flexibility index (Phi) is 3.94. The number of nitrogens with two attached hydrogens (primary N) is 1. The summed E-state index contributed by atoms with van der Waals surface area (Å²) in [6.07, 6.45) is -4.30. The summed E-state index contributed by atoms with van der Waals surface area (Å²) in [6.45, 7) is 0. The minimum absolute atomic E-state index is 0.0352. The monoisotopic (exact) mass is 357 g/mol. The highest BCUT2D eigenvalue weighted by molar-refractivity contribution is 5.65. The molecule has 0 atom stereocenters. The third-order valence-corrected chi connectivity index (χ3v) is 3.45. The number of halogens is 6. The lowest BCUT2D eigenvalue weighted by atomic mass is 10.0. The van der Waals surface area contributed by atoms with E-state index in [1.54, 1.807) is 0 Å². The zero-order valence-electron chi connectivity index (χ0n) is 12.3. The van der Waals surface area contributed by atoms with Gasteiger partial charge in [0.05, 0.1) is 11.9 Å². The molecule has 2 aromatic carbocycles. The van der Waals surface area contributed by atoms with E-state index in [1.165, 1.54) is 12.1 Å². The van der Waals surface area contributed by atoms with Crippen LogP contribution in [0.15, 0.2) is 42.6 Å². The minimum atomic E-state index is -4.96. The number of hydrogen-bond donors (Lipinski definition) is 1. The highest BCUT2D eigenvalue weighted by atomic mass is 19.4. The van der Waals surface area contributed by atoms with Crippen molar-refractivity contribution in [2.45, 2.75) is 6.18 Å². The Hall–Kier alpha value is -2.97. The highest BCUT2D eigenvalue weighted by Gasteiger charge is 2.39. The zero-order valence-corrected chi connectivity index (χ0v) is 12.3. The van der Waals surface area contributed by atoms with Crippen LogP contribution in [0.5, 0.6) is 0 Å². The van der Waals surface area contributed by atoms with Gasteiger partial charge in [-0.1, -0.05) is 12.1 Å². The highest BCUT2D eigenvalue weighted by Crippen LogP contribution is 2.36. The van der Waals surface area contributed by atoms with Gasteiger partial charge < -0.3 is 5.73 Å². The molecule has 0 spiro atoms. The maximum atomic E-state index is 14.4. The van der Waals surface area contributed by atoms with Crippen LogP contribution in [-0.4, -0.2) is 9.78 Å². The molecular formula is C16H9F6N3. The van der Waals surface area contributed by atoms with E-state index in [0.29, 0.717) is 6.20 Å². The van der Waals surface area contributed by atoms with Crippen LogP contribution in [0.1, 0.15) is 5.69 Å². The summed E-state index contributed by atoms with van der Waals surface area (Å²) < 4.78 is 81.2. The molecule has 0 aliphatic rings. The van der Waals surface area contributed by atoms with Gasteiger partial charge in [0.25, 0.3) is 0 Å². The maximum Gasteiger partial charge on any atom is 0.435 e. The van der Waals surface area contributed by atoms with Crippen LogP contribution in [0.4, 0.5) is 32.0 Å². The molecule has 2 N–H and O–H groups in total. The Labute approximate surface area is 137 Å². The molecule has 0 bridgehead atoms. The summed E-state index contributed by atoms with van der Waals surface area (Å²) in [5.41, 5.74) is 2.07. The first-order valence-corrected chi connectivity index (χ1v) is 6.84. The summed E-state index contributed by atoms with van der Waals surface area (Å²) in [4.78, 5) is 0. The molecule has 0 saturated carbocycles. The second-order valence-electron chi connectivity index (χ2n) is 5.16. The van der Waals surface area contributed by atoms with Crippen molar-refractivity contribution >= 4 is 5.69 Å². The smallest absolute Gasteiger partial charge is 0.396 e. The van der Waals surface area contributed by atoms with E-state index in [9.17, 15) is 26.3 Å². The second-order valence-corrected chi connectivity index (χ2v) is 5.16. The number of nitrogens with zero attached hydrogens (tertiary/aromatic N) is 2. The SMILES string of the molecule is Nc1cnn(-c2c(F)cc(-c3cccc(F)c3)cc2F)c1C(F)(F)F.